The van der Waals surface area contributed by atoms with Crippen LogP contribution in [-0.2, 0) is 11.2 Å². The third-order valence-electron chi connectivity index (χ3n) is 4.95. The standard InChI is InChI=1S/C24H24N4O3S/c1-30-21-9-8-17(14-22(21)31-2)10-11-25-23(29)16-32-24-20-15-19(18-6-4-3-5-7-18)27-28(20)13-12-26-24/h3-9,12-15H,10-11,16H2,1-2H3,(H,25,29). The zero-order valence-corrected chi connectivity index (χ0v) is 18.8. The maximum Gasteiger partial charge on any atom is 0.230 e. The summed E-state index contributed by atoms with van der Waals surface area (Å²) in [6, 6.07) is 17.8. The number of carbonyl (C=O) groups excluding carboxylic acids is 1. The van der Waals surface area contributed by atoms with Gasteiger partial charge in [0.25, 0.3) is 0 Å². The Kier molecular flexibility index (Phi) is 6.91. The van der Waals surface area contributed by atoms with Gasteiger partial charge in [0.05, 0.1) is 31.2 Å². The van der Waals surface area contributed by atoms with E-state index in [9.17, 15) is 4.79 Å². The van der Waals surface area contributed by atoms with Crippen molar-refractivity contribution in [2.75, 3.05) is 26.5 Å². The van der Waals surface area contributed by atoms with E-state index >= 15 is 0 Å². The third-order valence-corrected chi connectivity index (χ3v) is 5.94. The van der Waals surface area contributed by atoms with Crippen LogP contribution >= 0.6 is 11.8 Å². The first kappa shape index (κ1) is 21.7. The van der Waals surface area contributed by atoms with Crippen molar-refractivity contribution in [2.24, 2.45) is 0 Å². The number of hydrogen-bond donors (Lipinski definition) is 1. The molecule has 8 heteroatoms. The predicted octanol–water partition coefficient (Wildman–Crippen LogP) is 3.86. The molecule has 0 saturated heterocycles. The molecule has 0 fully saturated rings. The van der Waals surface area contributed by atoms with E-state index < -0.39 is 0 Å². The minimum absolute atomic E-state index is 0.0397. The molecule has 0 spiro atoms. The summed E-state index contributed by atoms with van der Waals surface area (Å²) in [6.07, 6.45) is 4.22. The number of benzene rings is 2. The van der Waals surface area contributed by atoms with Crippen LogP contribution in [0.1, 0.15) is 5.56 Å². The van der Waals surface area contributed by atoms with E-state index in [4.69, 9.17) is 9.47 Å². The number of fused-ring (bicyclic) bond motifs is 1. The number of nitrogens with zero attached hydrogens (tertiary/aromatic N) is 3. The third kappa shape index (κ3) is 5.03. The number of hydrogen-bond acceptors (Lipinski definition) is 6. The number of aromatic nitrogens is 3. The molecule has 0 aliphatic carbocycles. The van der Waals surface area contributed by atoms with Crippen LogP contribution in [0, 0.1) is 0 Å². The first-order valence-electron chi connectivity index (χ1n) is 10.2. The fourth-order valence-electron chi connectivity index (χ4n) is 3.33. The van der Waals surface area contributed by atoms with Crippen LogP contribution < -0.4 is 14.8 Å². The smallest absolute Gasteiger partial charge is 0.230 e. The summed E-state index contributed by atoms with van der Waals surface area (Å²) in [5, 5.41) is 8.36. The van der Waals surface area contributed by atoms with Crippen LogP contribution in [0.4, 0.5) is 0 Å². The van der Waals surface area contributed by atoms with Gasteiger partial charge in [0, 0.05) is 24.5 Å². The molecule has 7 nitrogen and oxygen atoms in total. The molecule has 0 aliphatic heterocycles. The van der Waals surface area contributed by atoms with E-state index in [-0.39, 0.29) is 11.7 Å². The molecule has 164 valence electrons. The number of methoxy groups -OCH3 is 2. The molecule has 2 heterocycles. The molecular weight excluding hydrogens is 424 g/mol. The van der Waals surface area contributed by atoms with Crippen molar-refractivity contribution in [1.82, 2.24) is 19.9 Å². The van der Waals surface area contributed by atoms with Crippen LogP contribution in [0.3, 0.4) is 0 Å². The molecule has 0 saturated carbocycles. The van der Waals surface area contributed by atoms with Crippen molar-refractivity contribution >= 4 is 23.2 Å². The highest BCUT2D eigenvalue weighted by molar-refractivity contribution is 8.00. The molecule has 0 unspecified atom stereocenters. The van der Waals surface area contributed by atoms with Crippen molar-refractivity contribution in [3.8, 4) is 22.8 Å². The minimum Gasteiger partial charge on any atom is -0.493 e. The second-order valence-corrected chi connectivity index (χ2v) is 8.00. The van der Waals surface area contributed by atoms with Gasteiger partial charge in [-0.1, -0.05) is 48.2 Å². The normalized spacial score (nSPS) is 10.8. The Bertz CT molecular complexity index is 1210. The van der Waals surface area contributed by atoms with Crippen molar-refractivity contribution in [2.45, 2.75) is 11.4 Å². The highest BCUT2D eigenvalue weighted by Crippen LogP contribution is 2.28. The Balaban J connectivity index is 1.33. The lowest BCUT2D eigenvalue weighted by Crippen LogP contribution is -2.27. The molecule has 2 aromatic heterocycles. The highest BCUT2D eigenvalue weighted by Gasteiger charge is 2.11. The molecule has 0 atom stereocenters. The van der Waals surface area contributed by atoms with Gasteiger partial charge in [0.15, 0.2) is 11.5 Å². The van der Waals surface area contributed by atoms with E-state index in [1.54, 1.807) is 24.9 Å². The summed E-state index contributed by atoms with van der Waals surface area (Å²) in [4.78, 5) is 16.8. The van der Waals surface area contributed by atoms with Gasteiger partial charge in [-0.25, -0.2) is 9.50 Å². The average molecular weight is 449 g/mol. The van der Waals surface area contributed by atoms with Gasteiger partial charge in [-0.3, -0.25) is 4.79 Å². The van der Waals surface area contributed by atoms with Crippen LogP contribution in [0.5, 0.6) is 11.5 Å². The van der Waals surface area contributed by atoms with Gasteiger partial charge in [-0.2, -0.15) is 5.10 Å². The summed E-state index contributed by atoms with van der Waals surface area (Å²) in [6.45, 7) is 0.539. The molecule has 32 heavy (non-hydrogen) atoms. The molecule has 0 radical (unpaired) electrons. The largest absolute Gasteiger partial charge is 0.493 e. The van der Waals surface area contributed by atoms with Gasteiger partial charge in [0.2, 0.25) is 5.91 Å². The predicted molar refractivity (Wildman–Crippen MR) is 125 cm³/mol. The maximum absolute atomic E-state index is 12.4. The lowest BCUT2D eigenvalue weighted by molar-refractivity contribution is -0.118. The fourth-order valence-corrected chi connectivity index (χ4v) is 4.13. The van der Waals surface area contributed by atoms with Gasteiger partial charge in [-0.15, -0.1) is 0 Å². The van der Waals surface area contributed by atoms with Crippen LogP contribution in [0.15, 0.2) is 72.0 Å². The van der Waals surface area contributed by atoms with Crippen LogP contribution in [0.25, 0.3) is 16.8 Å². The van der Waals surface area contributed by atoms with Crippen LogP contribution in [-0.4, -0.2) is 47.0 Å². The monoisotopic (exact) mass is 448 g/mol. The van der Waals surface area contributed by atoms with Gasteiger partial charge >= 0.3 is 0 Å². The number of nitrogens with one attached hydrogen (secondary N) is 1. The lowest BCUT2D eigenvalue weighted by atomic mass is 10.1. The van der Waals surface area contributed by atoms with E-state index in [0.29, 0.717) is 24.5 Å². The first-order chi connectivity index (χ1) is 15.7. The summed E-state index contributed by atoms with van der Waals surface area (Å²) < 4.78 is 12.4. The molecule has 0 aliphatic rings. The maximum atomic E-state index is 12.4. The average Bonchev–Trinajstić information content (AvgIpc) is 3.28. The molecule has 0 bridgehead atoms. The molecule has 4 rings (SSSR count). The summed E-state index contributed by atoms with van der Waals surface area (Å²) in [5.41, 5.74) is 3.86. The number of amides is 1. The molecule has 2 aromatic carbocycles. The van der Waals surface area contributed by atoms with E-state index in [0.717, 1.165) is 27.4 Å². The quantitative estimate of drug-likeness (QED) is 0.392. The summed E-state index contributed by atoms with van der Waals surface area (Å²) in [7, 11) is 3.22. The summed E-state index contributed by atoms with van der Waals surface area (Å²) in [5.74, 6) is 1.61. The molecule has 1 amide bonds. The lowest BCUT2D eigenvalue weighted by Gasteiger charge is -2.10. The summed E-state index contributed by atoms with van der Waals surface area (Å²) >= 11 is 1.40. The second-order valence-electron chi connectivity index (χ2n) is 7.04. The van der Waals surface area contributed by atoms with Gasteiger partial charge in [0.1, 0.15) is 5.03 Å². The van der Waals surface area contributed by atoms with E-state index in [2.05, 4.69) is 15.4 Å². The highest BCUT2D eigenvalue weighted by atomic mass is 32.2. The minimum atomic E-state index is -0.0397. The van der Waals surface area contributed by atoms with E-state index in [1.165, 1.54) is 11.8 Å². The van der Waals surface area contributed by atoms with Crippen molar-refractivity contribution in [3.63, 3.8) is 0 Å². The van der Waals surface area contributed by atoms with Gasteiger partial charge in [-0.05, 0) is 30.2 Å². The van der Waals surface area contributed by atoms with Crippen molar-refractivity contribution in [1.29, 1.82) is 0 Å². The molecule has 1 N–H and O–H groups in total. The van der Waals surface area contributed by atoms with Crippen molar-refractivity contribution in [3.05, 3.63) is 72.6 Å². The zero-order valence-electron chi connectivity index (χ0n) is 17.9. The Morgan fingerprint density at radius 3 is 2.66 bits per heavy atom. The molecular formula is C24H24N4O3S. The van der Waals surface area contributed by atoms with Crippen molar-refractivity contribution < 1.29 is 14.3 Å². The Labute approximate surface area is 190 Å². The number of thioether (sulfide) groups is 1. The second kappa shape index (κ2) is 10.2. The topological polar surface area (TPSA) is 77.8 Å². The number of carbonyl (C=O) groups is 1. The number of rotatable bonds is 9. The first-order valence-corrected chi connectivity index (χ1v) is 11.2. The molecule has 4 aromatic rings. The SMILES string of the molecule is COc1ccc(CCNC(=O)CSc2nccn3nc(-c4ccccc4)cc23)cc1OC. The Hall–Kier alpha value is -3.52. The zero-order chi connectivity index (χ0) is 22.3. The fraction of sp³-hybridized carbons (Fsp3) is 0.208. The Morgan fingerprint density at radius 1 is 1.06 bits per heavy atom. The Morgan fingerprint density at radius 2 is 1.88 bits per heavy atom. The van der Waals surface area contributed by atoms with Gasteiger partial charge < -0.3 is 14.8 Å². The van der Waals surface area contributed by atoms with Crippen LogP contribution in [0.2, 0.25) is 0 Å². The van der Waals surface area contributed by atoms with E-state index in [1.807, 2.05) is 60.8 Å². The number of ether oxygens (including phenoxy) is 2.